The van der Waals surface area contributed by atoms with Gasteiger partial charge in [0, 0.05) is 22.7 Å². The van der Waals surface area contributed by atoms with Gasteiger partial charge in [0.05, 0.1) is 12.6 Å². The molecule has 2 aromatic rings. The fourth-order valence-electron chi connectivity index (χ4n) is 2.55. The molecular weight excluding hydrogens is 354 g/mol. The molecule has 1 atom stereocenters. The van der Waals surface area contributed by atoms with E-state index >= 15 is 0 Å². The van der Waals surface area contributed by atoms with Crippen molar-refractivity contribution >= 4 is 23.3 Å². The molecule has 0 fully saturated rings. The van der Waals surface area contributed by atoms with Gasteiger partial charge >= 0.3 is 0 Å². The Kier molecular flexibility index (Phi) is 7.36. The van der Waals surface area contributed by atoms with Gasteiger partial charge in [-0.15, -0.1) is 0 Å². The molecule has 6 nitrogen and oxygen atoms in total. The second-order valence-corrected chi connectivity index (χ2v) is 6.83. The first-order valence-corrected chi connectivity index (χ1v) is 9.08. The highest BCUT2D eigenvalue weighted by atomic mass is 35.5. The highest BCUT2D eigenvalue weighted by molar-refractivity contribution is 6.38. The predicted octanol–water partition coefficient (Wildman–Crippen LogP) is 3.35. The third-order valence-corrected chi connectivity index (χ3v) is 4.03. The summed E-state index contributed by atoms with van der Waals surface area (Å²) in [7, 11) is 0. The maximum Gasteiger partial charge on any atom is 0.289 e. The molecule has 7 heteroatoms. The molecule has 0 bridgehead atoms. The Hall–Kier alpha value is -2.18. The van der Waals surface area contributed by atoms with Crippen molar-refractivity contribution in [3.05, 3.63) is 41.1 Å². The Bertz CT molecular complexity index is 741. The van der Waals surface area contributed by atoms with Crippen molar-refractivity contribution in [2.24, 2.45) is 0 Å². The molecule has 2 N–H and O–H groups in total. The second kappa shape index (κ2) is 9.50. The van der Waals surface area contributed by atoms with Crippen LogP contribution in [0.25, 0.3) is 11.3 Å². The molecule has 1 heterocycles. The van der Waals surface area contributed by atoms with E-state index in [1.165, 1.54) is 0 Å². The Morgan fingerprint density at radius 1 is 1.23 bits per heavy atom. The van der Waals surface area contributed by atoms with Crippen molar-refractivity contribution in [2.75, 3.05) is 0 Å². The van der Waals surface area contributed by atoms with Crippen LogP contribution in [0.5, 0.6) is 0 Å². The van der Waals surface area contributed by atoms with Crippen LogP contribution < -0.4 is 10.6 Å². The molecule has 0 radical (unpaired) electrons. The molecule has 0 spiro atoms. The molecule has 0 saturated heterocycles. The lowest BCUT2D eigenvalue weighted by Crippen LogP contribution is -2.47. The first-order valence-electron chi connectivity index (χ1n) is 8.70. The molecule has 1 amide bonds. The van der Waals surface area contributed by atoms with Crippen LogP contribution in [0.1, 0.15) is 39.4 Å². The van der Waals surface area contributed by atoms with Gasteiger partial charge in [0.2, 0.25) is 5.78 Å². The maximum atomic E-state index is 12.3. The Morgan fingerprint density at radius 2 is 1.92 bits per heavy atom. The number of nitrogens with zero attached hydrogens (tertiary/aromatic N) is 1. The van der Waals surface area contributed by atoms with Gasteiger partial charge in [-0.3, -0.25) is 9.59 Å². The Morgan fingerprint density at radius 3 is 2.54 bits per heavy atom. The van der Waals surface area contributed by atoms with Gasteiger partial charge in [-0.25, -0.2) is 0 Å². The first kappa shape index (κ1) is 20.1. The minimum absolute atomic E-state index is 0.103. The topological polar surface area (TPSA) is 84.2 Å². The van der Waals surface area contributed by atoms with E-state index in [0.29, 0.717) is 22.9 Å². The molecule has 1 unspecified atom stereocenters. The molecule has 0 aliphatic rings. The van der Waals surface area contributed by atoms with Crippen molar-refractivity contribution < 1.29 is 14.1 Å². The second-order valence-electron chi connectivity index (χ2n) is 6.39. The van der Waals surface area contributed by atoms with Crippen molar-refractivity contribution in [1.82, 2.24) is 15.8 Å². The lowest BCUT2D eigenvalue weighted by molar-refractivity contribution is -0.139. The third kappa shape index (κ3) is 5.68. The van der Waals surface area contributed by atoms with E-state index in [4.69, 9.17) is 16.1 Å². The van der Waals surface area contributed by atoms with E-state index < -0.39 is 17.7 Å². The van der Waals surface area contributed by atoms with Gasteiger partial charge in [0.25, 0.3) is 5.91 Å². The number of nitrogens with one attached hydrogen (secondary N) is 2. The van der Waals surface area contributed by atoms with Crippen LogP contribution in [0, 0.1) is 0 Å². The van der Waals surface area contributed by atoms with E-state index in [1.54, 1.807) is 18.2 Å². The summed E-state index contributed by atoms with van der Waals surface area (Å²) in [6.07, 6.45) is 1.43. The van der Waals surface area contributed by atoms with Crippen LogP contribution in [0.3, 0.4) is 0 Å². The monoisotopic (exact) mass is 377 g/mol. The normalized spacial score (nSPS) is 12.2. The van der Waals surface area contributed by atoms with Crippen LogP contribution in [0.4, 0.5) is 0 Å². The fraction of sp³-hybridized carbons (Fsp3) is 0.421. The average molecular weight is 378 g/mol. The average Bonchev–Trinajstić information content (AvgIpc) is 3.08. The lowest BCUT2D eigenvalue weighted by atomic mass is 10.1. The number of rotatable bonds is 9. The van der Waals surface area contributed by atoms with Crippen LogP contribution >= 0.6 is 11.6 Å². The smallest absolute Gasteiger partial charge is 0.289 e. The summed E-state index contributed by atoms with van der Waals surface area (Å²) in [5.41, 5.74) is 1.50. The molecule has 140 valence electrons. The number of hydrogen-bond acceptors (Lipinski definition) is 5. The lowest BCUT2D eigenvalue weighted by Gasteiger charge is -2.18. The quantitative estimate of drug-likeness (QED) is 0.654. The summed E-state index contributed by atoms with van der Waals surface area (Å²) in [6, 6.07) is 8.57. The zero-order chi connectivity index (χ0) is 19.1. The van der Waals surface area contributed by atoms with Gasteiger partial charge in [0.15, 0.2) is 5.76 Å². The highest BCUT2D eigenvalue weighted by Gasteiger charge is 2.25. The van der Waals surface area contributed by atoms with Crippen LogP contribution in [-0.4, -0.2) is 28.9 Å². The zero-order valence-electron chi connectivity index (χ0n) is 15.2. The van der Waals surface area contributed by atoms with Crippen molar-refractivity contribution in [3.8, 4) is 11.3 Å². The number of carbonyl (C=O) groups excluding carboxylic acids is 2. The van der Waals surface area contributed by atoms with Gasteiger partial charge in [-0.1, -0.05) is 56.1 Å². The summed E-state index contributed by atoms with van der Waals surface area (Å²) in [4.78, 5) is 24.5. The zero-order valence-corrected chi connectivity index (χ0v) is 16.0. The van der Waals surface area contributed by atoms with Gasteiger partial charge in [0.1, 0.15) is 5.69 Å². The van der Waals surface area contributed by atoms with Crippen LogP contribution in [0.15, 0.2) is 34.9 Å². The summed E-state index contributed by atoms with van der Waals surface area (Å²) >= 11 is 5.87. The van der Waals surface area contributed by atoms with Crippen molar-refractivity contribution in [2.45, 2.75) is 52.2 Å². The molecule has 0 aliphatic heterocycles. The molecule has 1 aromatic carbocycles. The number of carbonyl (C=O) groups is 2. The number of Topliss-reactive ketones (excluding diaryl/α,β-unsaturated/α-hetero) is 1. The van der Waals surface area contributed by atoms with Crippen LogP contribution in [-0.2, 0) is 16.1 Å². The van der Waals surface area contributed by atoms with E-state index in [0.717, 1.165) is 12.0 Å². The first-order chi connectivity index (χ1) is 12.4. The van der Waals surface area contributed by atoms with Crippen molar-refractivity contribution in [1.29, 1.82) is 0 Å². The Labute approximate surface area is 158 Å². The van der Waals surface area contributed by atoms with E-state index in [2.05, 4.69) is 15.8 Å². The number of hydrogen-bond donors (Lipinski definition) is 2. The summed E-state index contributed by atoms with van der Waals surface area (Å²) in [5, 5.41) is 10.3. The van der Waals surface area contributed by atoms with Crippen LogP contribution in [0.2, 0.25) is 5.02 Å². The molecule has 1 aromatic heterocycles. The maximum absolute atomic E-state index is 12.3. The summed E-state index contributed by atoms with van der Waals surface area (Å²) < 4.78 is 5.23. The minimum atomic E-state index is -0.624. The number of halogens is 1. The van der Waals surface area contributed by atoms with Gasteiger partial charge < -0.3 is 15.2 Å². The predicted molar refractivity (Wildman–Crippen MR) is 101 cm³/mol. The number of benzene rings is 1. The number of ketones is 1. The third-order valence-electron chi connectivity index (χ3n) is 3.77. The van der Waals surface area contributed by atoms with E-state index in [-0.39, 0.29) is 12.6 Å². The SMILES string of the molecule is CCCC(NC(C)C)C(=O)C(=O)NCc1cc(-c2ccc(Cl)cc2)no1. The molecular formula is C19H24ClN3O3. The highest BCUT2D eigenvalue weighted by Crippen LogP contribution is 2.21. The summed E-state index contributed by atoms with van der Waals surface area (Å²) in [5.74, 6) is -0.612. The number of aromatic nitrogens is 1. The number of amides is 1. The molecule has 2 rings (SSSR count). The minimum Gasteiger partial charge on any atom is -0.359 e. The fourth-order valence-corrected chi connectivity index (χ4v) is 2.67. The van der Waals surface area contributed by atoms with Gasteiger partial charge in [-0.2, -0.15) is 0 Å². The molecule has 26 heavy (non-hydrogen) atoms. The standard InChI is InChI=1S/C19H24ClN3O3/c1-4-5-16(22-12(2)3)18(24)19(25)21-11-15-10-17(23-26-15)13-6-8-14(20)9-7-13/h6-10,12,16,22H,4-5,11H2,1-3H3,(H,21,25). The molecule has 0 aliphatic carbocycles. The van der Waals surface area contributed by atoms with E-state index in [9.17, 15) is 9.59 Å². The Balaban J connectivity index is 1.94. The summed E-state index contributed by atoms with van der Waals surface area (Å²) in [6.45, 7) is 5.97. The molecule has 0 saturated carbocycles. The van der Waals surface area contributed by atoms with E-state index in [1.807, 2.05) is 32.9 Å². The van der Waals surface area contributed by atoms with Crippen molar-refractivity contribution in [3.63, 3.8) is 0 Å². The largest absolute Gasteiger partial charge is 0.359 e. The van der Waals surface area contributed by atoms with Gasteiger partial charge in [-0.05, 0) is 18.6 Å².